The summed E-state index contributed by atoms with van der Waals surface area (Å²) in [7, 11) is 0. The first-order chi connectivity index (χ1) is 11.0. The van der Waals surface area contributed by atoms with E-state index < -0.39 is 35.0 Å². The van der Waals surface area contributed by atoms with Crippen molar-refractivity contribution in [3.05, 3.63) is 71.0 Å². The Kier molecular flexibility index (Phi) is 5.76. The van der Waals surface area contributed by atoms with Gasteiger partial charge in [0.15, 0.2) is 0 Å². The SMILES string of the molecule is O=C(CCc1ccccc1F)NCC(O)c1c(F)cccc1F. The molecule has 1 atom stereocenters. The predicted molar refractivity (Wildman–Crippen MR) is 79.0 cm³/mol. The second kappa shape index (κ2) is 7.78. The van der Waals surface area contributed by atoms with Crippen molar-refractivity contribution in [2.45, 2.75) is 18.9 Å². The number of aliphatic hydroxyl groups is 1. The van der Waals surface area contributed by atoms with Crippen LogP contribution in [-0.4, -0.2) is 17.6 Å². The molecule has 2 N–H and O–H groups in total. The lowest BCUT2D eigenvalue weighted by Gasteiger charge is -2.14. The van der Waals surface area contributed by atoms with E-state index in [-0.39, 0.29) is 19.4 Å². The highest BCUT2D eigenvalue weighted by Gasteiger charge is 2.18. The van der Waals surface area contributed by atoms with E-state index in [0.717, 1.165) is 12.1 Å². The van der Waals surface area contributed by atoms with Gasteiger partial charge in [0.25, 0.3) is 0 Å². The lowest BCUT2D eigenvalue weighted by molar-refractivity contribution is -0.121. The zero-order valence-corrected chi connectivity index (χ0v) is 12.2. The molecule has 0 heterocycles. The minimum absolute atomic E-state index is 0.00735. The fraction of sp³-hybridized carbons (Fsp3) is 0.235. The summed E-state index contributed by atoms with van der Waals surface area (Å²) in [6.45, 7) is -0.325. The fourth-order valence-corrected chi connectivity index (χ4v) is 2.18. The van der Waals surface area contributed by atoms with E-state index >= 15 is 0 Å². The summed E-state index contributed by atoms with van der Waals surface area (Å²) in [6.07, 6.45) is -1.29. The molecular weight excluding hydrogens is 307 g/mol. The largest absolute Gasteiger partial charge is 0.386 e. The number of rotatable bonds is 6. The van der Waals surface area contributed by atoms with Crippen molar-refractivity contribution in [2.24, 2.45) is 0 Å². The topological polar surface area (TPSA) is 49.3 Å². The first-order valence-electron chi connectivity index (χ1n) is 7.11. The van der Waals surface area contributed by atoms with Gasteiger partial charge in [0, 0.05) is 13.0 Å². The van der Waals surface area contributed by atoms with Gasteiger partial charge in [-0.1, -0.05) is 24.3 Å². The Morgan fingerprint density at radius 2 is 1.61 bits per heavy atom. The van der Waals surface area contributed by atoms with Gasteiger partial charge in [-0.05, 0) is 30.2 Å². The third-order valence-electron chi connectivity index (χ3n) is 3.40. The highest BCUT2D eigenvalue weighted by atomic mass is 19.1. The normalized spacial score (nSPS) is 12.0. The minimum Gasteiger partial charge on any atom is -0.386 e. The van der Waals surface area contributed by atoms with Crippen LogP contribution in [0.4, 0.5) is 13.2 Å². The van der Waals surface area contributed by atoms with Crippen LogP contribution in [0.25, 0.3) is 0 Å². The molecule has 2 rings (SSSR count). The highest BCUT2D eigenvalue weighted by Crippen LogP contribution is 2.20. The summed E-state index contributed by atoms with van der Waals surface area (Å²) >= 11 is 0. The molecule has 0 spiro atoms. The monoisotopic (exact) mass is 323 g/mol. The van der Waals surface area contributed by atoms with Crippen molar-refractivity contribution in [1.82, 2.24) is 5.32 Å². The van der Waals surface area contributed by atoms with Crippen molar-refractivity contribution < 1.29 is 23.1 Å². The molecular formula is C17H16F3NO2. The van der Waals surface area contributed by atoms with Crippen LogP contribution in [0, 0.1) is 17.5 Å². The lowest BCUT2D eigenvalue weighted by atomic mass is 10.1. The lowest BCUT2D eigenvalue weighted by Crippen LogP contribution is -2.29. The molecule has 0 saturated heterocycles. The number of halogens is 3. The van der Waals surface area contributed by atoms with Crippen LogP contribution in [0.5, 0.6) is 0 Å². The van der Waals surface area contributed by atoms with Crippen LogP contribution in [-0.2, 0) is 11.2 Å². The molecule has 0 radical (unpaired) electrons. The van der Waals surface area contributed by atoms with Crippen molar-refractivity contribution in [1.29, 1.82) is 0 Å². The molecule has 2 aromatic rings. The fourth-order valence-electron chi connectivity index (χ4n) is 2.18. The van der Waals surface area contributed by atoms with Gasteiger partial charge in [-0.3, -0.25) is 4.79 Å². The third kappa shape index (κ3) is 4.56. The van der Waals surface area contributed by atoms with E-state index in [9.17, 15) is 23.1 Å². The Morgan fingerprint density at radius 3 is 2.26 bits per heavy atom. The summed E-state index contributed by atoms with van der Waals surface area (Å²) in [5.74, 6) is -2.59. The molecule has 122 valence electrons. The van der Waals surface area contributed by atoms with Gasteiger partial charge < -0.3 is 10.4 Å². The van der Waals surface area contributed by atoms with Gasteiger partial charge in [-0.15, -0.1) is 0 Å². The Hall–Kier alpha value is -2.34. The Bertz CT molecular complexity index is 671. The van der Waals surface area contributed by atoms with E-state index in [2.05, 4.69) is 5.32 Å². The maximum Gasteiger partial charge on any atom is 0.220 e. The second-order valence-electron chi connectivity index (χ2n) is 5.05. The molecule has 23 heavy (non-hydrogen) atoms. The average molecular weight is 323 g/mol. The van der Waals surface area contributed by atoms with Gasteiger partial charge in [-0.25, -0.2) is 13.2 Å². The molecule has 3 nitrogen and oxygen atoms in total. The molecule has 1 amide bonds. The molecule has 0 aliphatic carbocycles. The number of carbonyl (C=O) groups excluding carboxylic acids is 1. The van der Waals surface area contributed by atoms with Gasteiger partial charge >= 0.3 is 0 Å². The quantitative estimate of drug-likeness (QED) is 0.859. The molecule has 0 aliphatic rings. The van der Waals surface area contributed by atoms with E-state index in [1.54, 1.807) is 18.2 Å². The summed E-state index contributed by atoms with van der Waals surface area (Å²) in [5.41, 5.74) is -0.0785. The second-order valence-corrected chi connectivity index (χ2v) is 5.05. The van der Waals surface area contributed by atoms with E-state index in [1.165, 1.54) is 12.1 Å². The minimum atomic E-state index is -1.49. The molecule has 0 fully saturated rings. The smallest absolute Gasteiger partial charge is 0.220 e. The van der Waals surface area contributed by atoms with Crippen molar-refractivity contribution in [3.8, 4) is 0 Å². The first-order valence-corrected chi connectivity index (χ1v) is 7.11. The van der Waals surface area contributed by atoms with Gasteiger partial charge in [0.1, 0.15) is 23.6 Å². The zero-order chi connectivity index (χ0) is 16.8. The van der Waals surface area contributed by atoms with E-state index in [0.29, 0.717) is 5.56 Å². The van der Waals surface area contributed by atoms with Crippen LogP contribution in [0.1, 0.15) is 23.7 Å². The van der Waals surface area contributed by atoms with Gasteiger partial charge in [0.2, 0.25) is 5.91 Å². The number of hydrogen-bond donors (Lipinski definition) is 2. The standard InChI is InChI=1S/C17H16F3NO2/c18-12-5-2-1-4-11(12)8-9-16(23)21-10-15(22)17-13(19)6-3-7-14(17)20/h1-7,15,22H,8-10H2,(H,21,23). The molecule has 0 aliphatic heterocycles. The van der Waals surface area contributed by atoms with Gasteiger partial charge in [-0.2, -0.15) is 0 Å². The molecule has 6 heteroatoms. The van der Waals surface area contributed by atoms with Crippen molar-refractivity contribution >= 4 is 5.91 Å². The number of hydrogen-bond acceptors (Lipinski definition) is 2. The number of amides is 1. The average Bonchev–Trinajstić information content (AvgIpc) is 2.52. The van der Waals surface area contributed by atoms with Crippen LogP contribution in [0.3, 0.4) is 0 Å². The third-order valence-corrected chi connectivity index (χ3v) is 3.40. The van der Waals surface area contributed by atoms with E-state index in [1.807, 2.05) is 0 Å². The molecule has 0 saturated carbocycles. The van der Waals surface area contributed by atoms with Gasteiger partial charge in [0.05, 0.1) is 5.56 Å². The number of nitrogens with one attached hydrogen (secondary N) is 1. The zero-order valence-electron chi connectivity index (χ0n) is 12.2. The van der Waals surface area contributed by atoms with Crippen LogP contribution >= 0.6 is 0 Å². The number of benzene rings is 2. The van der Waals surface area contributed by atoms with Crippen molar-refractivity contribution in [3.63, 3.8) is 0 Å². The summed E-state index contributed by atoms with van der Waals surface area (Å²) < 4.78 is 40.4. The molecule has 1 unspecified atom stereocenters. The molecule has 0 aromatic heterocycles. The Labute approximate surface area is 131 Å². The Morgan fingerprint density at radius 1 is 1.00 bits per heavy atom. The maximum atomic E-state index is 13.5. The number of carbonyl (C=O) groups is 1. The maximum absolute atomic E-state index is 13.5. The first kappa shape index (κ1) is 17.0. The van der Waals surface area contributed by atoms with Crippen LogP contribution in [0.2, 0.25) is 0 Å². The molecule has 2 aromatic carbocycles. The van der Waals surface area contributed by atoms with Crippen molar-refractivity contribution in [2.75, 3.05) is 6.54 Å². The predicted octanol–water partition coefficient (Wildman–Crippen LogP) is 2.89. The van der Waals surface area contributed by atoms with Crippen LogP contribution < -0.4 is 5.32 Å². The number of aryl methyl sites for hydroxylation is 1. The summed E-state index contributed by atoms with van der Waals surface area (Å²) in [5, 5.41) is 12.2. The summed E-state index contributed by atoms with van der Waals surface area (Å²) in [6, 6.07) is 9.35. The van der Waals surface area contributed by atoms with Crippen LogP contribution in [0.15, 0.2) is 42.5 Å². The summed E-state index contributed by atoms with van der Waals surface area (Å²) in [4.78, 5) is 11.7. The number of aliphatic hydroxyl groups excluding tert-OH is 1. The molecule has 0 bridgehead atoms. The highest BCUT2D eigenvalue weighted by molar-refractivity contribution is 5.76. The van der Waals surface area contributed by atoms with E-state index in [4.69, 9.17) is 0 Å². The Balaban J connectivity index is 1.86.